The Morgan fingerprint density at radius 1 is 1.30 bits per heavy atom. The molecule has 1 saturated heterocycles. The third-order valence-corrected chi connectivity index (χ3v) is 3.46. The summed E-state index contributed by atoms with van der Waals surface area (Å²) in [6.45, 7) is 6.03. The minimum atomic E-state index is -0.475. The van der Waals surface area contributed by atoms with E-state index in [1.807, 2.05) is 6.92 Å². The molecule has 0 bridgehead atoms. The van der Waals surface area contributed by atoms with Gasteiger partial charge in [-0.05, 0) is 45.7 Å². The van der Waals surface area contributed by atoms with E-state index in [1.165, 1.54) is 7.11 Å². The fraction of sp³-hybridized carbons (Fsp3) is 0.667. The van der Waals surface area contributed by atoms with Crippen molar-refractivity contribution >= 4 is 5.97 Å². The summed E-state index contributed by atoms with van der Waals surface area (Å²) in [7, 11) is 1.33. The molecule has 0 aromatic carbocycles. The van der Waals surface area contributed by atoms with Crippen molar-refractivity contribution < 1.29 is 23.4 Å². The molecular formula is C15H22O5. The molecule has 2 heterocycles. The Balaban J connectivity index is 1.95. The van der Waals surface area contributed by atoms with Crippen molar-refractivity contribution in [1.82, 2.24) is 0 Å². The van der Waals surface area contributed by atoms with Crippen molar-refractivity contribution in [3.63, 3.8) is 0 Å². The highest BCUT2D eigenvalue weighted by Gasteiger charge is 2.27. The minimum absolute atomic E-state index is 0.149. The molecule has 0 N–H and O–H groups in total. The van der Waals surface area contributed by atoms with Crippen LogP contribution in [0.15, 0.2) is 16.5 Å². The first-order chi connectivity index (χ1) is 9.49. The van der Waals surface area contributed by atoms with Crippen molar-refractivity contribution in [2.24, 2.45) is 0 Å². The second kappa shape index (κ2) is 6.41. The maximum absolute atomic E-state index is 11.4. The molecule has 3 unspecified atom stereocenters. The first-order valence-electron chi connectivity index (χ1n) is 6.98. The van der Waals surface area contributed by atoms with E-state index in [0.717, 1.165) is 12.8 Å². The summed E-state index contributed by atoms with van der Waals surface area (Å²) in [4.78, 5) is 11.4. The fourth-order valence-corrected chi connectivity index (χ4v) is 2.59. The molecule has 0 amide bonds. The number of carbonyl (C=O) groups is 1. The van der Waals surface area contributed by atoms with E-state index in [-0.39, 0.29) is 30.2 Å². The second-order valence-electron chi connectivity index (χ2n) is 5.32. The Hall–Kier alpha value is -1.33. The number of furan rings is 1. The Labute approximate surface area is 119 Å². The fourth-order valence-electron chi connectivity index (χ4n) is 2.59. The van der Waals surface area contributed by atoms with E-state index in [1.54, 1.807) is 12.1 Å². The van der Waals surface area contributed by atoms with E-state index in [2.05, 4.69) is 18.6 Å². The zero-order valence-electron chi connectivity index (χ0n) is 12.4. The van der Waals surface area contributed by atoms with Gasteiger partial charge in [0.05, 0.1) is 25.4 Å². The average Bonchev–Trinajstić information content (AvgIpc) is 2.86. The highest BCUT2D eigenvalue weighted by Crippen LogP contribution is 2.28. The van der Waals surface area contributed by atoms with Gasteiger partial charge >= 0.3 is 5.97 Å². The van der Waals surface area contributed by atoms with E-state index in [0.29, 0.717) is 5.76 Å². The molecule has 0 spiro atoms. The van der Waals surface area contributed by atoms with Crippen LogP contribution >= 0.6 is 0 Å². The molecule has 1 aromatic heterocycles. The smallest absolute Gasteiger partial charge is 0.373 e. The molecule has 20 heavy (non-hydrogen) atoms. The lowest BCUT2D eigenvalue weighted by atomic mass is 10.0. The van der Waals surface area contributed by atoms with E-state index in [9.17, 15) is 4.79 Å². The van der Waals surface area contributed by atoms with Gasteiger partial charge in [-0.15, -0.1) is 0 Å². The van der Waals surface area contributed by atoms with Gasteiger partial charge in [-0.2, -0.15) is 0 Å². The zero-order chi connectivity index (χ0) is 14.7. The molecule has 0 saturated carbocycles. The number of rotatable bonds is 4. The summed E-state index contributed by atoms with van der Waals surface area (Å²) in [6.07, 6.45) is 2.11. The molecule has 0 radical (unpaired) electrons. The molecule has 1 aliphatic heterocycles. The summed E-state index contributed by atoms with van der Waals surface area (Å²) in [5.74, 6) is 0.362. The highest BCUT2D eigenvalue weighted by atomic mass is 16.5. The van der Waals surface area contributed by atoms with Crippen molar-refractivity contribution in [3.05, 3.63) is 23.7 Å². The van der Waals surface area contributed by atoms with Crippen LogP contribution in [0, 0.1) is 0 Å². The predicted octanol–water partition coefficient (Wildman–Crippen LogP) is 3.10. The number of carbonyl (C=O) groups excluding carboxylic acids is 1. The SMILES string of the molecule is COC(=O)c1ccc(C(C)OC2CC(C)OC(C)C2)o1. The summed E-state index contributed by atoms with van der Waals surface area (Å²) < 4.78 is 21.8. The van der Waals surface area contributed by atoms with Crippen molar-refractivity contribution in [3.8, 4) is 0 Å². The number of ether oxygens (including phenoxy) is 3. The van der Waals surface area contributed by atoms with Gasteiger partial charge in [-0.1, -0.05) is 0 Å². The monoisotopic (exact) mass is 282 g/mol. The lowest BCUT2D eigenvalue weighted by Gasteiger charge is -2.33. The van der Waals surface area contributed by atoms with Crippen LogP contribution < -0.4 is 0 Å². The summed E-state index contributed by atoms with van der Waals surface area (Å²) in [5, 5.41) is 0. The van der Waals surface area contributed by atoms with Crippen LogP contribution in [0.3, 0.4) is 0 Å². The van der Waals surface area contributed by atoms with Gasteiger partial charge in [-0.3, -0.25) is 0 Å². The standard InChI is InChI=1S/C15H22O5/c1-9-7-12(8-10(2)18-9)19-11(3)13-5-6-14(20-13)15(16)17-4/h5-6,9-12H,7-8H2,1-4H3. The number of esters is 1. The molecule has 1 fully saturated rings. The minimum Gasteiger partial charge on any atom is -0.463 e. The zero-order valence-corrected chi connectivity index (χ0v) is 12.4. The highest BCUT2D eigenvalue weighted by molar-refractivity contribution is 5.86. The molecule has 0 aliphatic carbocycles. The van der Waals surface area contributed by atoms with Gasteiger partial charge in [0.2, 0.25) is 5.76 Å². The maximum Gasteiger partial charge on any atom is 0.373 e. The molecule has 112 valence electrons. The Kier molecular flexibility index (Phi) is 4.83. The number of hydrogen-bond donors (Lipinski definition) is 0. The van der Waals surface area contributed by atoms with Crippen LogP contribution in [0.2, 0.25) is 0 Å². The van der Waals surface area contributed by atoms with E-state index in [4.69, 9.17) is 13.9 Å². The van der Waals surface area contributed by atoms with E-state index < -0.39 is 5.97 Å². The summed E-state index contributed by atoms with van der Waals surface area (Å²) >= 11 is 0. The molecule has 2 rings (SSSR count). The van der Waals surface area contributed by atoms with Crippen molar-refractivity contribution in [2.75, 3.05) is 7.11 Å². The molecule has 5 nitrogen and oxygen atoms in total. The van der Waals surface area contributed by atoms with Crippen LogP contribution in [0.4, 0.5) is 0 Å². The summed E-state index contributed by atoms with van der Waals surface area (Å²) in [6, 6.07) is 3.36. The Morgan fingerprint density at radius 3 is 2.55 bits per heavy atom. The topological polar surface area (TPSA) is 57.9 Å². The summed E-state index contributed by atoms with van der Waals surface area (Å²) in [5.41, 5.74) is 0. The van der Waals surface area contributed by atoms with Crippen LogP contribution in [0.5, 0.6) is 0 Å². The van der Waals surface area contributed by atoms with Gasteiger partial charge in [-0.25, -0.2) is 4.79 Å². The molecular weight excluding hydrogens is 260 g/mol. The Morgan fingerprint density at radius 2 is 1.95 bits per heavy atom. The van der Waals surface area contributed by atoms with Gasteiger partial charge in [0.25, 0.3) is 0 Å². The quantitative estimate of drug-likeness (QED) is 0.794. The van der Waals surface area contributed by atoms with Crippen LogP contribution in [0.1, 0.15) is 56.0 Å². The van der Waals surface area contributed by atoms with E-state index >= 15 is 0 Å². The first kappa shape index (κ1) is 15.1. The third-order valence-electron chi connectivity index (χ3n) is 3.46. The van der Waals surface area contributed by atoms with Gasteiger partial charge in [0.15, 0.2) is 0 Å². The maximum atomic E-state index is 11.4. The largest absolute Gasteiger partial charge is 0.463 e. The second-order valence-corrected chi connectivity index (χ2v) is 5.32. The van der Waals surface area contributed by atoms with Crippen molar-refractivity contribution in [1.29, 1.82) is 0 Å². The molecule has 1 aliphatic rings. The number of methoxy groups -OCH3 is 1. The molecule has 1 aromatic rings. The Bertz CT molecular complexity index is 443. The van der Waals surface area contributed by atoms with Gasteiger partial charge < -0.3 is 18.6 Å². The lowest BCUT2D eigenvalue weighted by molar-refractivity contribution is -0.122. The average molecular weight is 282 g/mol. The van der Waals surface area contributed by atoms with Crippen LogP contribution in [-0.2, 0) is 14.2 Å². The predicted molar refractivity (Wildman–Crippen MR) is 72.6 cm³/mol. The first-order valence-corrected chi connectivity index (χ1v) is 6.98. The van der Waals surface area contributed by atoms with Crippen molar-refractivity contribution in [2.45, 2.75) is 58.0 Å². The lowest BCUT2D eigenvalue weighted by Crippen LogP contribution is -2.34. The van der Waals surface area contributed by atoms with Crippen LogP contribution in [-0.4, -0.2) is 31.4 Å². The van der Waals surface area contributed by atoms with Gasteiger partial charge in [0.1, 0.15) is 11.9 Å². The number of hydrogen-bond acceptors (Lipinski definition) is 5. The third kappa shape index (κ3) is 3.61. The normalized spacial score (nSPS) is 28.1. The molecule has 5 heteroatoms. The molecule has 3 atom stereocenters. The van der Waals surface area contributed by atoms with Crippen LogP contribution in [0.25, 0.3) is 0 Å². The van der Waals surface area contributed by atoms with Gasteiger partial charge in [0, 0.05) is 0 Å².